The zero-order valence-corrected chi connectivity index (χ0v) is 19.0. The smallest absolute Gasteiger partial charge is 0.243 e. The fourth-order valence-electron chi connectivity index (χ4n) is 3.23. The normalized spacial score (nSPS) is 11.0. The van der Waals surface area contributed by atoms with E-state index in [0.29, 0.717) is 29.3 Å². The highest BCUT2D eigenvalue weighted by Gasteiger charge is 2.25. The minimum absolute atomic E-state index is 0.0378. The van der Waals surface area contributed by atoms with Crippen molar-refractivity contribution in [2.45, 2.75) is 23.6 Å². The van der Waals surface area contributed by atoms with E-state index in [1.54, 1.807) is 55.5 Å². The van der Waals surface area contributed by atoms with Crippen LogP contribution in [0.4, 0.5) is 11.4 Å². The Hall–Kier alpha value is -3.52. The number of amides is 1. The average molecular weight is 455 g/mol. The van der Waals surface area contributed by atoms with E-state index < -0.39 is 9.84 Å². The van der Waals surface area contributed by atoms with Gasteiger partial charge in [0.1, 0.15) is 10.6 Å². The Labute approximate surface area is 188 Å². The molecule has 0 saturated heterocycles. The summed E-state index contributed by atoms with van der Waals surface area (Å²) in [4.78, 5) is 12.7. The van der Waals surface area contributed by atoms with Crippen LogP contribution in [0.5, 0.6) is 11.5 Å². The highest BCUT2D eigenvalue weighted by atomic mass is 32.2. The molecule has 0 saturated carbocycles. The first-order valence-electron chi connectivity index (χ1n) is 10.1. The summed E-state index contributed by atoms with van der Waals surface area (Å²) in [7, 11) is -2.41. The number of nitrogens with one attached hydrogen (secondary N) is 2. The lowest BCUT2D eigenvalue weighted by molar-refractivity contribution is -0.114. The molecule has 3 aromatic carbocycles. The van der Waals surface area contributed by atoms with E-state index in [-0.39, 0.29) is 28.0 Å². The van der Waals surface area contributed by atoms with Crippen LogP contribution < -0.4 is 20.1 Å². The van der Waals surface area contributed by atoms with E-state index in [4.69, 9.17) is 9.47 Å². The van der Waals surface area contributed by atoms with Crippen LogP contribution in [0.1, 0.15) is 12.5 Å². The lowest BCUT2D eigenvalue weighted by Crippen LogP contribution is -2.22. The molecule has 32 heavy (non-hydrogen) atoms. The molecular formula is C24H26N2O5S. The number of benzene rings is 3. The van der Waals surface area contributed by atoms with Crippen molar-refractivity contribution in [1.82, 2.24) is 0 Å². The van der Waals surface area contributed by atoms with Crippen LogP contribution in [-0.4, -0.2) is 34.6 Å². The second kappa shape index (κ2) is 10.2. The molecule has 0 spiro atoms. The number of ether oxygens (including phenoxy) is 2. The summed E-state index contributed by atoms with van der Waals surface area (Å²) in [6, 6.07) is 18.6. The van der Waals surface area contributed by atoms with Gasteiger partial charge in [-0.15, -0.1) is 0 Å². The lowest BCUT2D eigenvalue weighted by atomic mass is 10.2. The highest BCUT2D eigenvalue weighted by molar-refractivity contribution is 7.91. The Kier molecular flexibility index (Phi) is 7.37. The molecule has 3 aromatic rings. The van der Waals surface area contributed by atoms with Gasteiger partial charge < -0.3 is 20.1 Å². The third kappa shape index (κ3) is 5.20. The standard InChI is InChI=1S/C24H26N2O5S/c1-4-31-21-13-9-8-12-19(21)26-23(27)16-25-20-14-17(2)15-22(24(20)30-3)32(28,29)18-10-6-5-7-11-18/h5-15,25H,4,16H2,1-3H3,(H,26,27). The fraction of sp³-hybridized carbons (Fsp3) is 0.208. The largest absolute Gasteiger partial charge is 0.493 e. The molecule has 0 unspecified atom stereocenters. The Morgan fingerprint density at radius 3 is 2.34 bits per heavy atom. The number of rotatable bonds is 9. The predicted molar refractivity (Wildman–Crippen MR) is 124 cm³/mol. The van der Waals surface area contributed by atoms with Gasteiger partial charge in [-0.3, -0.25) is 4.79 Å². The van der Waals surface area contributed by atoms with E-state index in [0.717, 1.165) is 0 Å². The van der Waals surface area contributed by atoms with Crippen LogP contribution in [0.3, 0.4) is 0 Å². The Bertz CT molecular complexity index is 1190. The molecule has 0 fully saturated rings. The monoisotopic (exact) mass is 454 g/mol. The average Bonchev–Trinajstić information content (AvgIpc) is 2.79. The summed E-state index contributed by atoms with van der Waals surface area (Å²) in [5.74, 6) is 0.419. The molecule has 0 aliphatic carbocycles. The van der Waals surface area contributed by atoms with Gasteiger partial charge in [-0.2, -0.15) is 0 Å². The second-order valence-electron chi connectivity index (χ2n) is 6.99. The van der Waals surface area contributed by atoms with Crippen molar-refractivity contribution >= 4 is 27.1 Å². The number of para-hydroxylation sites is 2. The van der Waals surface area contributed by atoms with E-state index in [1.165, 1.54) is 19.2 Å². The van der Waals surface area contributed by atoms with Gasteiger partial charge in [0.2, 0.25) is 15.7 Å². The zero-order chi connectivity index (χ0) is 23.1. The molecule has 0 atom stereocenters. The van der Waals surface area contributed by atoms with E-state index in [9.17, 15) is 13.2 Å². The highest BCUT2D eigenvalue weighted by Crippen LogP contribution is 2.36. The first kappa shape index (κ1) is 23.1. The van der Waals surface area contributed by atoms with Crippen molar-refractivity contribution in [3.8, 4) is 11.5 Å². The fourth-order valence-corrected chi connectivity index (χ4v) is 4.78. The first-order chi connectivity index (χ1) is 15.4. The van der Waals surface area contributed by atoms with E-state index >= 15 is 0 Å². The number of hydrogen-bond donors (Lipinski definition) is 2. The minimum atomic E-state index is -3.81. The van der Waals surface area contributed by atoms with Crippen molar-refractivity contribution in [3.63, 3.8) is 0 Å². The van der Waals surface area contributed by atoms with Crippen LogP contribution in [-0.2, 0) is 14.6 Å². The van der Waals surface area contributed by atoms with Crippen molar-refractivity contribution in [1.29, 1.82) is 0 Å². The van der Waals surface area contributed by atoms with Crippen LogP contribution in [0.25, 0.3) is 0 Å². The molecule has 2 N–H and O–H groups in total. The molecule has 0 bridgehead atoms. The minimum Gasteiger partial charge on any atom is -0.493 e. The Morgan fingerprint density at radius 2 is 1.66 bits per heavy atom. The molecule has 3 rings (SSSR count). The van der Waals surface area contributed by atoms with Crippen LogP contribution >= 0.6 is 0 Å². The number of carbonyl (C=O) groups excluding carboxylic acids is 1. The summed E-state index contributed by atoms with van der Waals surface area (Å²) in [6.07, 6.45) is 0. The van der Waals surface area contributed by atoms with Gasteiger partial charge in [-0.1, -0.05) is 30.3 Å². The van der Waals surface area contributed by atoms with Gasteiger partial charge in [0.15, 0.2) is 5.75 Å². The summed E-state index contributed by atoms with van der Waals surface area (Å²) in [5, 5.41) is 5.80. The van der Waals surface area contributed by atoms with Crippen LogP contribution in [0, 0.1) is 6.92 Å². The van der Waals surface area contributed by atoms with Gasteiger partial charge in [-0.25, -0.2) is 8.42 Å². The molecule has 8 heteroatoms. The molecule has 0 aromatic heterocycles. The molecule has 0 radical (unpaired) electrons. The van der Waals surface area contributed by atoms with E-state index in [1.807, 2.05) is 13.0 Å². The maximum atomic E-state index is 13.2. The summed E-state index contributed by atoms with van der Waals surface area (Å²) in [6.45, 7) is 4.04. The van der Waals surface area contributed by atoms with Gasteiger partial charge in [-0.05, 0) is 55.8 Å². The van der Waals surface area contributed by atoms with E-state index in [2.05, 4.69) is 10.6 Å². The molecule has 168 valence electrons. The van der Waals surface area contributed by atoms with Crippen molar-refractivity contribution in [2.75, 3.05) is 30.9 Å². The topological polar surface area (TPSA) is 93.7 Å². The summed E-state index contributed by atoms with van der Waals surface area (Å²) in [5.41, 5.74) is 1.69. The third-order valence-corrected chi connectivity index (χ3v) is 6.42. The van der Waals surface area contributed by atoms with Crippen LogP contribution in [0.2, 0.25) is 0 Å². The number of carbonyl (C=O) groups is 1. The number of anilines is 2. The first-order valence-corrected chi connectivity index (χ1v) is 11.6. The molecule has 0 aliphatic rings. The second-order valence-corrected chi connectivity index (χ2v) is 8.91. The summed E-state index contributed by atoms with van der Waals surface area (Å²) >= 11 is 0. The Balaban J connectivity index is 1.84. The zero-order valence-electron chi connectivity index (χ0n) is 18.2. The number of aryl methyl sites for hydroxylation is 1. The van der Waals surface area contributed by atoms with Crippen LogP contribution in [0.15, 0.2) is 76.5 Å². The molecule has 7 nitrogen and oxygen atoms in total. The predicted octanol–water partition coefficient (Wildman–Crippen LogP) is 4.29. The maximum Gasteiger partial charge on any atom is 0.243 e. The molecular weight excluding hydrogens is 428 g/mol. The van der Waals surface area contributed by atoms with Gasteiger partial charge in [0.25, 0.3) is 0 Å². The van der Waals surface area contributed by atoms with Gasteiger partial charge >= 0.3 is 0 Å². The molecule has 1 amide bonds. The van der Waals surface area contributed by atoms with Gasteiger partial charge in [0, 0.05) is 0 Å². The SMILES string of the molecule is CCOc1ccccc1NC(=O)CNc1cc(C)cc(S(=O)(=O)c2ccccc2)c1OC. The Morgan fingerprint density at radius 1 is 0.969 bits per heavy atom. The molecule has 0 heterocycles. The van der Waals surface area contributed by atoms with Gasteiger partial charge in [0.05, 0.1) is 36.5 Å². The van der Waals surface area contributed by atoms with Crippen molar-refractivity contribution in [2.24, 2.45) is 0 Å². The lowest BCUT2D eigenvalue weighted by Gasteiger charge is -2.17. The summed E-state index contributed by atoms with van der Waals surface area (Å²) < 4.78 is 37.4. The quantitative estimate of drug-likeness (QED) is 0.501. The number of hydrogen-bond acceptors (Lipinski definition) is 6. The van der Waals surface area contributed by atoms with Crippen molar-refractivity contribution in [3.05, 3.63) is 72.3 Å². The number of sulfone groups is 1. The third-order valence-electron chi connectivity index (χ3n) is 4.65. The molecule has 0 aliphatic heterocycles. The van der Waals surface area contributed by atoms with Crippen molar-refractivity contribution < 1.29 is 22.7 Å². The number of methoxy groups -OCH3 is 1. The maximum absolute atomic E-state index is 13.2.